The summed E-state index contributed by atoms with van der Waals surface area (Å²) in [6.07, 6.45) is 0.969. The maximum Gasteiger partial charge on any atom is 0.318 e. The number of halogens is 1. The number of rotatable bonds is 1. The topological polar surface area (TPSA) is 54.4 Å². The maximum atomic E-state index is 11.5. The zero-order valence-electron chi connectivity index (χ0n) is 7.87. The van der Waals surface area contributed by atoms with Crippen molar-refractivity contribution in [1.82, 2.24) is 0 Å². The zero-order valence-corrected chi connectivity index (χ0v) is 9.45. The Morgan fingerprint density at radius 3 is 2.80 bits per heavy atom. The highest BCUT2D eigenvalue weighted by atomic mass is 79.9. The van der Waals surface area contributed by atoms with E-state index in [-0.39, 0.29) is 5.78 Å². The number of carboxylic acid groups (broad SMARTS) is 1. The standard InChI is InChI=1S/C11H9BrO3/c12-7-3-1-6-2-4-9(13)10(11(14)15)8(6)5-7/h1,3,5,10H,2,4H2,(H,14,15). The first kappa shape index (κ1) is 10.4. The van der Waals surface area contributed by atoms with Gasteiger partial charge in [0.15, 0.2) is 5.78 Å². The molecule has 2 rings (SSSR count). The molecule has 0 aromatic heterocycles. The number of carbonyl (C=O) groups is 2. The van der Waals surface area contributed by atoms with Gasteiger partial charge in [0, 0.05) is 10.9 Å². The van der Waals surface area contributed by atoms with Crippen molar-refractivity contribution in [3.8, 4) is 0 Å². The van der Waals surface area contributed by atoms with Gasteiger partial charge < -0.3 is 5.11 Å². The average molecular weight is 269 g/mol. The average Bonchev–Trinajstić information content (AvgIpc) is 2.16. The molecule has 0 aliphatic heterocycles. The molecule has 0 amide bonds. The quantitative estimate of drug-likeness (QED) is 0.794. The van der Waals surface area contributed by atoms with E-state index >= 15 is 0 Å². The van der Waals surface area contributed by atoms with Gasteiger partial charge >= 0.3 is 5.97 Å². The summed E-state index contributed by atoms with van der Waals surface area (Å²) in [7, 11) is 0. The lowest BCUT2D eigenvalue weighted by atomic mass is 9.82. The third-order valence-electron chi connectivity index (χ3n) is 2.63. The van der Waals surface area contributed by atoms with E-state index in [0.29, 0.717) is 18.4 Å². The third-order valence-corrected chi connectivity index (χ3v) is 3.12. The predicted molar refractivity (Wildman–Crippen MR) is 57.8 cm³/mol. The molecular formula is C11H9BrO3. The molecule has 0 bridgehead atoms. The van der Waals surface area contributed by atoms with Gasteiger partial charge in [-0.15, -0.1) is 0 Å². The van der Waals surface area contributed by atoms with E-state index in [4.69, 9.17) is 5.11 Å². The van der Waals surface area contributed by atoms with Gasteiger partial charge in [-0.05, 0) is 29.7 Å². The fraction of sp³-hybridized carbons (Fsp3) is 0.273. The number of aryl methyl sites for hydroxylation is 1. The van der Waals surface area contributed by atoms with Gasteiger partial charge in [0.2, 0.25) is 0 Å². The lowest BCUT2D eigenvalue weighted by molar-refractivity contribution is -0.142. The first-order chi connectivity index (χ1) is 7.09. The first-order valence-corrected chi connectivity index (χ1v) is 5.43. The number of benzene rings is 1. The Bertz CT molecular complexity index is 439. The van der Waals surface area contributed by atoms with Gasteiger partial charge in [0.1, 0.15) is 5.92 Å². The van der Waals surface area contributed by atoms with Crippen LogP contribution in [0.3, 0.4) is 0 Å². The molecule has 0 saturated carbocycles. The summed E-state index contributed by atoms with van der Waals surface area (Å²) in [5, 5.41) is 9.01. The first-order valence-electron chi connectivity index (χ1n) is 4.63. The summed E-state index contributed by atoms with van der Waals surface area (Å²) in [6, 6.07) is 5.47. The van der Waals surface area contributed by atoms with E-state index in [1.165, 1.54) is 0 Å². The Balaban J connectivity index is 2.55. The van der Waals surface area contributed by atoms with Crippen LogP contribution in [-0.4, -0.2) is 16.9 Å². The van der Waals surface area contributed by atoms with Crippen molar-refractivity contribution >= 4 is 27.7 Å². The third kappa shape index (κ3) is 1.81. The van der Waals surface area contributed by atoms with E-state index in [1.807, 2.05) is 12.1 Å². The van der Waals surface area contributed by atoms with Crippen LogP contribution in [0.25, 0.3) is 0 Å². The van der Waals surface area contributed by atoms with E-state index in [2.05, 4.69) is 15.9 Å². The second kappa shape index (κ2) is 3.77. The molecule has 0 spiro atoms. The molecule has 0 radical (unpaired) electrons. The van der Waals surface area contributed by atoms with Crippen molar-refractivity contribution in [3.05, 3.63) is 33.8 Å². The van der Waals surface area contributed by atoms with Crippen LogP contribution in [-0.2, 0) is 16.0 Å². The lowest BCUT2D eigenvalue weighted by Gasteiger charge is -2.21. The molecule has 4 heteroatoms. The summed E-state index contributed by atoms with van der Waals surface area (Å²) < 4.78 is 0.808. The van der Waals surface area contributed by atoms with Crippen molar-refractivity contribution in [1.29, 1.82) is 0 Å². The molecule has 1 atom stereocenters. The molecule has 3 nitrogen and oxygen atoms in total. The molecule has 0 saturated heterocycles. The van der Waals surface area contributed by atoms with Crippen molar-refractivity contribution in [2.24, 2.45) is 0 Å². The SMILES string of the molecule is O=C(O)C1C(=O)CCc2ccc(Br)cc21. The van der Waals surface area contributed by atoms with Crippen LogP contribution in [0.2, 0.25) is 0 Å². The molecule has 78 valence electrons. The van der Waals surface area contributed by atoms with Crippen molar-refractivity contribution in [2.75, 3.05) is 0 Å². The van der Waals surface area contributed by atoms with Crippen LogP contribution in [0.15, 0.2) is 22.7 Å². The molecule has 1 N–H and O–H groups in total. The van der Waals surface area contributed by atoms with E-state index in [1.54, 1.807) is 6.07 Å². The van der Waals surface area contributed by atoms with Crippen LogP contribution < -0.4 is 0 Å². The van der Waals surface area contributed by atoms with Crippen molar-refractivity contribution < 1.29 is 14.7 Å². The number of Topliss-reactive ketones (excluding diaryl/α,β-unsaturated/α-hetero) is 1. The van der Waals surface area contributed by atoms with Gasteiger partial charge in [-0.3, -0.25) is 9.59 Å². The Morgan fingerprint density at radius 1 is 1.40 bits per heavy atom. The Kier molecular flexibility index (Phi) is 2.61. The van der Waals surface area contributed by atoms with Gasteiger partial charge in [0.05, 0.1) is 0 Å². The minimum atomic E-state index is -1.06. The highest BCUT2D eigenvalue weighted by Gasteiger charge is 2.33. The monoisotopic (exact) mass is 268 g/mol. The van der Waals surface area contributed by atoms with Gasteiger partial charge in [-0.25, -0.2) is 0 Å². The predicted octanol–water partition coefficient (Wildman–Crippen LogP) is 2.13. The molecule has 0 heterocycles. The van der Waals surface area contributed by atoms with Crippen LogP contribution in [0.5, 0.6) is 0 Å². The van der Waals surface area contributed by atoms with Crippen LogP contribution in [0.4, 0.5) is 0 Å². The van der Waals surface area contributed by atoms with Crippen molar-refractivity contribution in [3.63, 3.8) is 0 Å². The van der Waals surface area contributed by atoms with Gasteiger partial charge in [-0.2, -0.15) is 0 Å². The molecule has 15 heavy (non-hydrogen) atoms. The normalized spacial score (nSPS) is 19.8. The molecule has 1 aliphatic rings. The molecular weight excluding hydrogens is 260 g/mol. The fourth-order valence-electron chi connectivity index (χ4n) is 1.91. The summed E-state index contributed by atoms with van der Waals surface area (Å²) in [5.41, 5.74) is 1.60. The molecule has 1 aromatic rings. The minimum Gasteiger partial charge on any atom is -0.480 e. The molecule has 1 aliphatic carbocycles. The molecule has 0 fully saturated rings. The lowest BCUT2D eigenvalue weighted by Crippen LogP contribution is -2.27. The fourth-order valence-corrected chi connectivity index (χ4v) is 2.29. The van der Waals surface area contributed by atoms with Crippen molar-refractivity contribution in [2.45, 2.75) is 18.8 Å². The number of hydrogen-bond acceptors (Lipinski definition) is 2. The number of hydrogen-bond donors (Lipinski definition) is 1. The number of aliphatic carboxylic acids is 1. The second-order valence-corrected chi connectivity index (χ2v) is 4.50. The Morgan fingerprint density at radius 2 is 2.13 bits per heavy atom. The van der Waals surface area contributed by atoms with Crippen LogP contribution in [0.1, 0.15) is 23.5 Å². The van der Waals surface area contributed by atoms with Crippen LogP contribution >= 0.6 is 15.9 Å². The van der Waals surface area contributed by atoms with E-state index in [0.717, 1.165) is 10.0 Å². The number of ketones is 1. The largest absolute Gasteiger partial charge is 0.480 e. The summed E-state index contributed by atoms with van der Waals surface area (Å²) in [5.74, 6) is -2.24. The second-order valence-electron chi connectivity index (χ2n) is 3.58. The highest BCUT2D eigenvalue weighted by molar-refractivity contribution is 9.10. The Labute approximate surface area is 95.2 Å². The smallest absolute Gasteiger partial charge is 0.318 e. The summed E-state index contributed by atoms with van der Waals surface area (Å²) in [4.78, 5) is 22.5. The number of carboxylic acids is 1. The summed E-state index contributed by atoms with van der Waals surface area (Å²) >= 11 is 3.28. The molecule has 1 unspecified atom stereocenters. The summed E-state index contributed by atoms with van der Waals surface area (Å²) in [6.45, 7) is 0. The minimum absolute atomic E-state index is 0.201. The number of fused-ring (bicyclic) bond motifs is 1. The molecule has 1 aromatic carbocycles. The van der Waals surface area contributed by atoms with E-state index < -0.39 is 11.9 Å². The van der Waals surface area contributed by atoms with Gasteiger partial charge in [-0.1, -0.05) is 22.0 Å². The zero-order chi connectivity index (χ0) is 11.0. The van der Waals surface area contributed by atoms with Crippen LogP contribution in [0, 0.1) is 0 Å². The maximum absolute atomic E-state index is 11.5. The van der Waals surface area contributed by atoms with E-state index in [9.17, 15) is 9.59 Å². The Hall–Kier alpha value is -1.16. The highest BCUT2D eigenvalue weighted by Crippen LogP contribution is 2.31. The number of carbonyl (C=O) groups excluding carboxylic acids is 1. The van der Waals surface area contributed by atoms with Gasteiger partial charge in [0.25, 0.3) is 0 Å².